The average molecular weight is 446 g/mol. The van der Waals surface area contributed by atoms with Crippen LogP contribution in [0.25, 0.3) is 0 Å². The first kappa shape index (κ1) is 21.8. The highest BCUT2D eigenvalue weighted by atomic mass is 35.5. The monoisotopic (exact) mass is 445 g/mol. The van der Waals surface area contributed by atoms with E-state index in [9.17, 15) is 9.59 Å². The SMILES string of the molecule is CCCCOC(=O)C1=C(C)NC2=C(C(=O)CC(C)(C)C2)[C@@H]1c1cc2c(cc1Cl)OCO2. The lowest BCUT2D eigenvalue weighted by Crippen LogP contribution is -2.38. The van der Waals surface area contributed by atoms with E-state index in [2.05, 4.69) is 19.2 Å². The van der Waals surface area contributed by atoms with E-state index >= 15 is 0 Å². The van der Waals surface area contributed by atoms with Crippen LogP contribution in [0.1, 0.15) is 64.9 Å². The summed E-state index contributed by atoms with van der Waals surface area (Å²) in [5.41, 5.74) is 3.03. The van der Waals surface area contributed by atoms with Crippen LogP contribution in [-0.2, 0) is 14.3 Å². The fourth-order valence-electron chi connectivity index (χ4n) is 4.56. The van der Waals surface area contributed by atoms with Crippen LogP contribution in [0.5, 0.6) is 11.5 Å². The molecule has 4 rings (SSSR count). The zero-order valence-electron chi connectivity index (χ0n) is 18.4. The van der Waals surface area contributed by atoms with Crippen molar-refractivity contribution in [3.8, 4) is 11.5 Å². The Labute approximate surface area is 187 Å². The molecular weight excluding hydrogens is 418 g/mol. The lowest BCUT2D eigenvalue weighted by molar-refractivity contribution is -0.139. The third-order valence-electron chi connectivity index (χ3n) is 5.99. The number of unbranched alkanes of at least 4 members (excludes halogenated alkanes) is 1. The Balaban J connectivity index is 1.84. The molecule has 6 nitrogen and oxygen atoms in total. The summed E-state index contributed by atoms with van der Waals surface area (Å²) in [6, 6.07) is 3.47. The highest BCUT2D eigenvalue weighted by Crippen LogP contribution is 2.50. The van der Waals surface area contributed by atoms with Gasteiger partial charge in [0.15, 0.2) is 17.3 Å². The summed E-state index contributed by atoms with van der Waals surface area (Å²) >= 11 is 6.66. The van der Waals surface area contributed by atoms with E-state index in [1.165, 1.54) is 0 Å². The maximum atomic E-state index is 13.3. The summed E-state index contributed by atoms with van der Waals surface area (Å²) in [6.45, 7) is 8.48. The minimum Gasteiger partial charge on any atom is -0.462 e. The number of esters is 1. The summed E-state index contributed by atoms with van der Waals surface area (Å²) in [6.07, 6.45) is 2.82. The third kappa shape index (κ3) is 4.05. The predicted octanol–water partition coefficient (Wildman–Crippen LogP) is 5.02. The second-order valence-electron chi connectivity index (χ2n) is 9.15. The highest BCUT2D eigenvalue weighted by molar-refractivity contribution is 6.32. The van der Waals surface area contributed by atoms with Gasteiger partial charge in [-0.1, -0.05) is 38.8 Å². The summed E-state index contributed by atoms with van der Waals surface area (Å²) < 4.78 is 16.6. The number of dihydropyridines is 1. The molecule has 0 saturated carbocycles. The minimum absolute atomic E-state index is 0.0174. The molecule has 1 aromatic carbocycles. The average Bonchev–Trinajstić information content (AvgIpc) is 3.12. The summed E-state index contributed by atoms with van der Waals surface area (Å²) in [4.78, 5) is 26.5. The Bertz CT molecular complexity index is 1010. The van der Waals surface area contributed by atoms with Gasteiger partial charge in [-0.15, -0.1) is 0 Å². The lowest BCUT2D eigenvalue weighted by atomic mass is 9.68. The van der Waals surface area contributed by atoms with Crippen molar-refractivity contribution in [3.05, 3.63) is 45.3 Å². The molecule has 166 valence electrons. The van der Waals surface area contributed by atoms with Gasteiger partial charge in [0.05, 0.1) is 12.2 Å². The van der Waals surface area contributed by atoms with Crippen LogP contribution in [0.4, 0.5) is 0 Å². The van der Waals surface area contributed by atoms with Crippen LogP contribution in [0.3, 0.4) is 0 Å². The summed E-state index contributed by atoms with van der Waals surface area (Å²) in [5.74, 6) is 0.0852. The van der Waals surface area contributed by atoms with Crippen LogP contribution < -0.4 is 14.8 Å². The van der Waals surface area contributed by atoms with Crippen molar-refractivity contribution in [2.75, 3.05) is 13.4 Å². The normalized spacial score (nSPS) is 21.7. The first-order valence-corrected chi connectivity index (χ1v) is 11.1. The molecule has 0 spiro atoms. The van der Waals surface area contributed by atoms with E-state index in [0.29, 0.717) is 58.4 Å². The van der Waals surface area contributed by atoms with Crippen LogP contribution in [0, 0.1) is 5.41 Å². The van der Waals surface area contributed by atoms with Crippen LogP contribution in [-0.4, -0.2) is 25.2 Å². The van der Waals surface area contributed by atoms with E-state index < -0.39 is 11.9 Å². The van der Waals surface area contributed by atoms with Crippen LogP contribution in [0.15, 0.2) is 34.7 Å². The molecule has 0 unspecified atom stereocenters. The molecule has 31 heavy (non-hydrogen) atoms. The minimum atomic E-state index is -0.615. The fourth-order valence-corrected chi connectivity index (χ4v) is 4.82. The smallest absolute Gasteiger partial charge is 0.336 e. The number of nitrogens with one attached hydrogen (secondary N) is 1. The summed E-state index contributed by atoms with van der Waals surface area (Å²) in [5, 5.41) is 3.76. The van der Waals surface area contributed by atoms with Crippen molar-refractivity contribution < 1.29 is 23.8 Å². The van der Waals surface area contributed by atoms with Gasteiger partial charge >= 0.3 is 5.97 Å². The van der Waals surface area contributed by atoms with Crippen LogP contribution >= 0.6 is 11.6 Å². The molecule has 3 aliphatic rings. The second kappa shape index (κ2) is 8.23. The largest absolute Gasteiger partial charge is 0.462 e. The summed E-state index contributed by atoms with van der Waals surface area (Å²) in [7, 11) is 0. The van der Waals surface area contributed by atoms with Gasteiger partial charge in [0.1, 0.15) is 0 Å². The van der Waals surface area contributed by atoms with Gasteiger partial charge in [-0.05, 0) is 36.8 Å². The fraction of sp³-hybridized carbons (Fsp3) is 0.500. The van der Waals surface area contributed by atoms with Gasteiger partial charge in [-0.2, -0.15) is 0 Å². The van der Waals surface area contributed by atoms with Crippen molar-refractivity contribution in [1.29, 1.82) is 0 Å². The molecule has 1 aromatic rings. The van der Waals surface area contributed by atoms with Gasteiger partial charge < -0.3 is 19.5 Å². The molecule has 0 bridgehead atoms. The molecular formula is C24H28ClNO5. The Morgan fingerprint density at radius 1 is 1.26 bits per heavy atom. The predicted molar refractivity (Wildman–Crippen MR) is 117 cm³/mol. The molecule has 1 atom stereocenters. The highest BCUT2D eigenvalue weighted by Gasteiger charge is 2.44. The van der Waals surface area contributed by atoms with Gasteiger partial charge in [-0.25, -0.2) is 4.79 Å². The number of allylic oxidation sites excluding steroid dienone is 3. The maximum absolute atomic E-state index is 13.3. The van der Waals surface area contributed by atoms with Gasteiger partial charge in [0, 0.05) is 40.4 Å². The number of halogens is 1. The van der Waals surface area contributed by atoms with Gasteiger partial charge in [0.2, 0.25) is 6.79 Å². The first-order valence-electron chi connectivity index (χ1n) is 10.7. The number of fused-ring (bicyclic) bond motifs is 1. The first-order chi connectivity index (χ1) is 14.7. The topological polar surface area (TPSA) is 73.9 Å². The van der Waals surface area contributed by atoms with Crippen molar-refractivity contribution in [3.63, 3.8) is 0 Å². The van der Waals surface area contributed by atoms with E-state index in [4.69, 9.17) is 25.8 Å². The molecule has 0 fully saturated rings. The molecule has 0 aromatic heterocycles. The molecule has 1 aliphatic carbocycles. The van der Waals surface area contributed by atoms with E-state index in [1.54, 1.807) is 12.1 Å². The molecule has 2 heterocycles. The number of hydrogen-bond donors (Lipinski definition) is 1. The maximum Gasteiger partial charge on any atom is 0.336 e. The Kier molecular flexibility index (Phi) is 5.77. The zero-order chi connectivity index (χ0) is 22.3. The van der Waals surface area contributed by atoms with Gasteiger partial charge in [-0.3, -0.25) is 4.79 Å². The number of carbonyl (C=O) groups is 2. The number of hydrogen-bond acceptors (Lipinski definition) is 6. The molecule has 0 radical (unpaired) electrons. The number of ketones is 1. The Morgan fingerprint density at radius 2 is 1.97 bits per heavy atom. The molecule has 7 heteroatoms. The Morgan fingerprint density at radius 3 is 2.68 bits per heavy atom. The number of carbonyl (C=O) groups excluding carboxylic acids is 2. The molecule has 0 saturated heterocycles. The molecule has 0 amide bonds. The lowest BCUT2D eigenvalue weighted by Gasteiger charge is -2.39. The zero-order valence-corrected chi connectivity index (χ0v) is 19.1. The molecule has 1 N–H and O–H groups in total. The van der Waals surface area contributed by atoms with Crippen molar-refractivity contribution in [2.45, 2.75) is 59.3 Å². The van der Waals surface area contributed by atoms with Gasteiger partial charge in [0.25, 0.3) is 0 Å². The third-order valence-corrected chi connectivity index (χ3v) is 6.32. The Hall–Kier alpha value is -2.47. The standard InChI is InChI=1S/C24H28ClNO5/c1-5-6-7-29-23(28)20-13(2)26-16-10-24(3,4)11-17(27)22(16)21(20)14-8-18-19(9-15(14)25)31-12-30-18/h8-9,21,26H,5-7,10-12H2,1-4H3/t21-/m1/s1. The molecule has 2 aliphatic heterocycles. The second-order valence-corrected chi connectivity index (χ2v) is 9.55. The quantitative estimate of drug-likeness (QED) is 0.507. The number of benzene rings is 1. The number of rotatable bonds is 5. The van der Waals surface area contributed by atoms with Crippen molar-refractivity contribution in [1.82, 2.24) is 5.32 Å². The van der Waals surface area contributed by atoms with Crippen molar-refractivity contribution >= 4 is 23.4 Å². The number of Topliss-reactive ketones (excluding diaryl/α,β-unsaturated/α-hetero) is 1. The van der Waals surface area contributed by atoms with Crippen LogP contribution in [0.2, 0.25) is 5.02 Å². The van der Waals surface area contributed by atoms with E-state index in [1.807, 2.05) is 13.8 Å². The van der Waals surface area contributed by atoms with E-state index in [0.717, 1.165) is 18.5 Å². The number of ether oxygens (including phenoxy) is 3. The van der Waals surface area contributed by atoms with Crippen molar-refractivity contribution in [2.24, 2.45) is 5.41 Å². The van der Waals surface area contributed by atoms with E-state index in [-0.39, 0.29) is 18.0 Å².